The van der Waals surface area contributed by atoms with Gasteiger partial charge >= 0.3 is 6.18 Å². The number of halogens is 4. The van der Waals surface area contributed by atoms with Crippen molar-refractivity contribution in [2.75, 3.05) is 26.2 Å². The molecule has 0 bridgehead atoms. The number of benzene rings is 1. The molecule has 1 aliphatic heterocycles. The molecule has 1 unspecified atom stereocenters. The summed E-state index contributed by atoms with van der Waals surface area (Å²) in [6.07, 6.45) is -4.82. The summed E-state index contributed by atoms with van der Waals surface area (Å²) in [4.78, 5) is 12.4. The predicted octanol–water partition coefficient (Wildman–Crippen LogP) is 4.94. The van der Waals surface area contributed by atoms with Gasteiger partial charge in [-0.2, -0.15) is 13.2 Å². The highest BCUT2D eigenvalue weighted by Crippen LogP contribution is 2.32. The summed E-state index contributed by atoms with van der Waals surface area (Å²) in [5, 5.41) is 4.21. The van der Waals surface area contributed by atoms with Gasteiger partial charge in [0.2, 0.25) is 0 Å². The van der Waals surface area contributed by atoms with E-state index in [4.69, 9.17) is 9.73 Å². The smallest absolute Gasteiger partial charge is 0.370 e. The van der Waals surface area contributed by atoms with Crippen molar-refractivity contribution in [3.8, 4) is 0 Å². The van der Waals surface area contributed by atoms with Crippen LogP contribution in [0.25, 0.3) is 0 Å². The fraction of sp³-hybridized carbons (Fsp3) is 0.500. The standard InChI is InChI=1S/C20H25F3N4OS.HI/c1-4-24-19(25-11-18-26-13(2)14(3)29-18)27-8-9-28-17(12-27)15-6-5-7-16(10-15)20(21,22)23;/h5-7,10,17H,4,8-9,11-12H2,1-3H3,(H,24,25);1H. The van der Waals surface area contributed by atoms with E-state index in [2.05, 4.69) is 10.3 Å². The SMILES string of the molecule is CCNC(=NCc1nc(C)c(C)s1)N1CCOC(c2cccc(C(F)(F)F)c2)C1.I. The molecule has 1 N–H and O–H groups in total. The lowest BCUT2D eigenvalue weighted by Crippen LogP contribution is -2.48. The fourth-order valence-electron chi connectivity index (χ4n) is 3.13. The van der Waals surface area contributed by atoms with Gasteiger partial charge in [0, 0.05) is 18.0 Å². The summed E-state index contributed by atoms with van der Waals surface area (Å²) in [6.45, 7) is 8.63. The summed E-state index contributed by atoms with van der Waals surface area (Å²) in [5.41, 5.74) is 0.874. The van der Waals surface area contributed by atoms with Gasteiger partial charge in [0.15, 0.2) is 5.96 Å². The Balaban J connectivity index is 0.00000320. The quantitative estimate of drug-likeness (QED) is 0.331. The average molecular weight is 554 g/mol. The second-order valence-electron chi connectivity index (χ2n) is 6.85. The van der Waals surface area contributed by atoms with Gasteiger partial charge in [-0.3, -0.25) is 0 Å². The second-order valence-corrected chi connectivity index (χ2v) is 8.14. The van der Waals surface area contributed by atoms with Crippen LogP contribution in [0.4, 0.5) is 13.2 Å². The number of rotatable bonds is 4. The van der Waals surface area contributed by atoms with Crippen LogP contribution in [0.5, 0.6) is 0 Å². The number of guanidine groups is 1. The van der Waals surface area contributed by atoms with Gasteiger partial charge in [-0.25, -0.2) is 9.98 Å². The van der Waals surface area contributed by atoms with E-state index in [1.807, 2.05) is 25.7 Å². The zero-order valence-corrected chi connectivity index (χ0v) is 20.3. The summed E-state index contributed by atoms with van der Waals surface area (Å²) in [7, 11) is 0. The first-order valence-corrected chi connectivity index (χ1v) is 10.3. The molecule has 0 saturated carbocycles. The Labute approximate surface area is 195 Å². The Bertz CT molecular complexity index is 852. The first-order chi connectivity index (χ1) is 13.8. The van der Waals surface area contributed by atoms with E-state index in [9.17, 15) is 13.2 Å². The predicted molar refractivity (Wildman–Crippen MR) is 124 cm³/mol. The van der Waals surface area contributed by atoms with Crippen molar-refractivity contribution in [2.45, 2.75) is 39.6 Å². The van der Waals surface area contributed by atoms with Crippen molar-refractivity contribution in [1.82, 2.24) is 15.2 Å². The Morgan fingerprint density at radius 1 is 1.37 bits per heavy atom. The molecule has 1 aromatic heterocycles. The number of aromatic nitrogens is 1. The molecule has 1 aliphatic rings. The van der Waals surface area contributed by atoms with Crippen LogP contribution in [0.2, 0.25) is 0 Å². The maximum absolute atomic E-state index is 13.0. The van der Waals surface area contributed by atoms with E-state index in [1.165, 1.54) is 17.0 Å². The third kappa shape index (κ3) is 6.30. The van der Waals surface area contributed by atoms with Crippen molar-refractivity contribution in [1.29, 1.82) is 0 Å². The number of ether oxygens (including phenoxy) is 1. The van der Waals surface area contributed by atoms with E-state index < -0.39 is 17.8 Å². The maximum atomic E-state index is 13.0. The summed E-state index contributed by atoms with van der Waals surface area (Å²) >= 11 is 1.63. The normalized spacial score (nSPS) is 17.6. The van der Waals surface area contributed by atoms with E-state index in [0.717, 1.165) is 22.7 Å². The lowest BCUT2D eigenvalue weighted by atomic mass is 10.0. The molecular weight excluding hydrogens is 528 g/mol. The van der Waals surface area contributed by atoms with Gasteiger partial charge in [-0.15, -0.1) is 35.3 Å². The molecule has 2 heterocycles. The maximum Gasteiger partial charge on any atom is 0.416 e. The monoisotopic (exact) mass is 554 g/mol. The zero-order valence-electron chi connectivity index (χ0n) is 17.1. The minimum atomic E-state index is -4.37. The molecule has 0 spiro atoms. The molecule has 0 radical (unpaired) electrons. The lowest BCUT2D eigenvalue weighted by molar-refractivity contribution is -0.137. The van der Waals surface area contributed by atoms with Crippen molar-refractivity contribution in [3.63, 3.8) is 0 Å². The highest BCUT2D eigenvalue weighted by molar-refractivity contribution is 14.0. The molecule has 1 fully saturated rings. The molecule has 0 amide bonds. The van der Waals surface area contributed by atoms with Gasteiger partial charge in [-0.1, -0.05) is 12.1 Å². The van der Waals surface area contributed by atoms with Crippen molar-refractivity contribution in [3.05, 3.63) is 51.0 Å². The van der Waals surface area contributed by atoms with E-state index >= 15 is 0 Å². The molecule has 2 aromatic rings. The first kappa shape index (κ1) is 24.9. The molecule has 0 aliphatic carbocycles. The molecule has 5 nitrogen and oxygen atoms in total. The van der Waals surface area contributed by atoms with Crippen LogP contribution in [0.15, 0.2) is 29.3 Å². The van der Waals surface area contributed by atoms with E-state index in [-0.39, 0.29) is 24.0 Å². The minimum Gasteiger partial charge on any atom is -0.370 e. The molecule has 10 heteroatoms. The second kappa shape index (κ2) is 10.8. The Kier molecular flexibility index (Phi) is 8.92. The minimum absolute atomic E-state index is 0. The van der Waals surface area contributed by atoms with E-state index in [0.29, 0.717) is 38.3 Å². The fourth-order valence-corrected chi connectivity index (χ4v) is 3.99. The van der Waals surface area contributed by atoms with E-state index in [1.54, 1.807) is 17.4 Å². The molecule has 1 saturated heterocycles. The van der Waals surface area contributed by atoms with Crippen LogP contribution in [0.1, 0.15) is 39.7 Å². The highest BCUT2D eigenvalue weighted by Gasteiger charge is 2.32. The number of hydrogen-bond donors (Lipinski definition) is 1. The van der Waals surface area contributed by atoms with Gasteiger partial charge in [0.1, 0.15) is 11.1 Å². The van der Waals surface area contributed by atoms with Gasteiger partial charge < -0.3 is 15.0 Å². The Morgan fingerprint density at radius 2 is 2.13 bits per heavy atom. The topological polar surface area (TPSA) is 49.8 Å². The number of nitrogens with one attached hydrogen (secondary N) is 1. The van der Waals surface area contributed by atoms with Crippen LogP contribution in [-0.2, 0) is 17.5 Å². The zero-order chi connectivity index (χ0) is 21.0. The summed E-state index contributed by atoms with van der Waals surface area (Å²) in [6, 6.07) is 5.34. The lowest BCUT2D eigenvalue weighted by Gasteiger charge is -2.35. The molecule has 3 rings (SSSR count). The third-order valence-corrected chi connectivity index (χ3v) is 5.78. The number of aryl methyl sites for hydroxylation is 2. The third-order valence-electron chi connectivity index (χ3n) is 4.72. The van der Waals surface area contributed by atoms with Crippen molar-refractivity contribution in [2.24, 2.45) is 4.99 Å². The molecule has 166 valence electrons. The van der Waals surface area contributed by atoms with Crippen LogP contribution >= 0.6 is 35.3 Å². The molecule has 1 aromatic carbocycles. The van der Waals surface area contributed by atoms with Crippen LogP contribution in [0.3, 0.4) is 0 Å². The van der Waals surface area contributed by atoms with Crippen LogP contribution in [-0.4, -0.2) is 42.1 Å². The number of nitrogens with zero attached hydrogens (tertiary/aromatic N) is 3. The Hall–Kier alpha value is -1.40. The van der Waals surface area contributed by atoms with Gasteiger partial charge in [0.25, 0.3) is 0 Å². The Morgan fingerprint density at radius 3 is 2.77 bits per heavy atom. The number of hydrogen-bond acceptors (Lipinski definition) is 4. The number of alkyl halides is 3. The van der Waals surface area contributed by atoms with Crippen molar-refractivity contribution < 1.29 is 17.9 Å². The molecular formula is C20H26F3IN4OS. The van der Waals surface area contributed by atoms with Gasteiger partial charge in [0.05, 0.1) is 31.0 Å². The van der Waals surface area contributed by atoms with Crippen LogP contribution in [0, 0.1) is 13.8 Å². The number of thiazole rings is 1. The summed E-state index contributed by atoms with van der Waals surface area (Å²) < 4.78 is 44.9. The summed E-state index contributed by atoms with van der Waals surface area (Å²) in [5.74, 6) is 0.721. The van der Waals surface area contributed by atoms with Crippen molar-refractivity contribution >= 4 is 41.3 Å². The molecule has 30 heavy (non-hydrogen) atoms. The average Bonchev–Trinajstić information content (AvgIpc) is 3.02. The van der Waals surface area contributed by atoms with Crippen LogP contribution < -0.4 is 5.32 Å². The largest absolute Gasteiger partial charge is 0.416 e. The first-order valence-electron chi connectivity index (χ1n) is 9.53. The molecule has 1 atom stereocenters. The number of morpholine rings is 1. The van der Waals surface area contributed by atoms with Gasteiger partial charge in [-0.05, 0) is 38.5 Å². The highest BCUT2D eigenvalue weighted by atomic mass is 127. The number of aliphatic imine (C=N–C) groups is 1.